The van der Waals surface area contributed by atoms with Crippen LogP contribution in [0.3, 0.4) is 0 Å². The van der Waals surface area contributed by atoms with E-state index in [1.54, 1.807) is 0 Å². The number of carbonyl (C=O) groups is 1. The zero-order chi connectivity index (χ0) is 19.5. The molecule has 0 spiro atoms. The Kier molecular flexibility index (Phi) is 5.64. The minimum absolute atomic E-state index is 0.502. The lowest BCUT2D eigenvalue weighted by Gasteiger charge is -2.20. The van der Waals surface area contributed by atoms with E-state index in [4.69, 9.17) is 21.6 Å². The number of halogens is 1. The number of aliphatic carboxylic acids is 1. The van der Waals surface area contributed by atoms with Crippen molar-refractivity contribution in [2.45, 2.75) is 36.1 Å². The first-order chi connectivity index (χ1) is 13.6. The fraction of sp³-hybridized carbons (Fsp3) is 0.227. The topological polar surface area (TPSA) is 63.1 Å². The summed E-state index contributed by atoms with van der Waals surface area (Å²) in [5.74, 6) is -0.898. The van der Waals surface area contributed by atoms with Crippen molar-refractivity contribution in [3.63, 3.8) is 0 Å². The second-order valence-corrected chi connectivity index (χ2v) is 8.25. The predicted molar refractivity (Wildman–Crippen MR) is 112 cm³/mol. The van der Waals surface area contributed by atoms with Crippen molar-refractivity contribution in [2.75, 3.05) is 0 Å². The number of thioether (sulfide) groups is 1. The van der Waals surface area contributed by atoms with E-state index < -0.39 is 11.2 Å². The molecular weight excluding hydrogens is 392 g/mol. The lowest BCUT2D eigenvalue weighted by Crippen LogP contribution is -2.12. The van der Waals surface area contributed by atoms with E-state index in [1.165, 1.54) is 17.3 Å². The minimum atomic E-state index is -0.898. The number of carboxylic acid groups (broad SMARTS) is 1. The van der Waals surface area contributed by atoms with Crippen LogP contribution in [-0.4, -0.2) is 21.0 Å². The van der Waals surface area contributed by atoms with Crippen LogP contribution >= 0.6 is 23.4 Å². The van der Waals surface area contributed by atoms with Crippen molar-refractivity contribution >= 4 is 29.3 Å². The van der Waals surface area contributed by atoms with Crippen LogP contribution in [-0.2, 0) is 17.6 Å². The third-order valence-corrected chi connectivity index (χ3v) is 6.19. The molecule has 4 nitrogen and oxygen atoms in total. The van der Waals surface area contributed by atoms with Crippen LogP contribution in [0.15, 0.2) is 59.8 Å². The Bertz CT molecular complexity index is 993. The number of nitrogens with zero attached hydrogens (tertiary/aromatic N) is 2. The van der Waals surface area contributed by atoms with Gasteiger partial charge in [-0.15, -0.1) is 0 Å². The molecule has 1 aliphatic rings. The summed E-state index contributed by atoms with van der Waals surface area (Å²) in [6, 6.07) is 16.8. The average molecular weight is 411 g/mol. The summed E-state index contributed by atoms with van der Waals surface area (Å²) in [5.41, 5.74) is 4.81. The normalized spacial score (nSPS) is 14.3. The van der Waals surface area contributed by atoms with E-state index in [1.807, 2.05) is 54.6 Å². The third kappa shape index (κ3) is 4.05. The smallest absolute Gasteiger partial charge is 0.321 e. The Labute approximate surface area is 173 Å². The zero-order valence-electron chi connectivity index (χ0n) is 15.1. The summed E-state index contributed by atoms with van der Waals surface area (Å²) in [6.07, 6.45) is 4.05. The van der Waals surface area contributed by atoms with Gasteiger partial charge in [0.15, 0.2) is 5.16 Å². The summed E-state index contributed by atoms with van der Waals surface area (Å²) in [4.78, 5) is 21.4. The van der Waals surface area contributed by atoms with E-state index >= 15 is 0 Å². The van der Waals surface area contributed by atoms with Crippen LogP contribution in [0.4, 0.5) is 0 Å². The highest BCUT2D eigenvalue weighted by Crippen LogP contribution is 2.37. The van der Waals surface area contributed by atoms with Gasteiger partial charge in [-0.3, -0.25) is 4.79 Å². The average Bonchev–Trinajstić information content (AvgIpc) is 2.72. The molecule has 0 amide bonds. The largest absolute Gasteiger partial charge is 0.480 e. The summed E-state index contributed by atoms with van der Waals surface area (Å²) in [7, 11) is 0. The Morgan fingerprint density at radius 1 is 1.00 bits per heavy atom. The van der Waals surface area contributed by atoms with Gasteiger partial charge in [-0.05, 0) is 43.4 Å². The SMILES string of the molecule is O=C(O)[C@@H](Sc1nc2c(c(-c3ccc(Cl)cc3)n1)CCCC2)c1ccccc1. The van der Waals surface area contributed by atoms with Gasteiger partial charge in [0.1, 0.15) is 5.25 Å². The molecule has 142 valence electrons. The molecule has 0 saturated carbocycles. The van der Waals surface area contributed by atoms with Gasteiger partial charge in [0.25, 0.3) is 0 Å². The summed E-state index contributed by atoms with van der Waals surface area (Å²) in [6.45, 7) is 0. The van der Waals surface area contributed by atoms with Gasteiger partial charge < -0.3 is 5.11 Å². The molecule has 6 heteroatoms. The van der Waals surface area contributed by atoms with Gasteiger partial charge in [0, 0.05) is 21.8 Å². The lowest BCUT2D eigenvalue weighted by molar-refractivity contribution is -0.136. The van der Waals surface area contributed by atoms with Crippen LogP contribution in [0.25, 0.3) is 11.3 Å². The van der Waals surface area contributed by atoms with Crippen LogP contribution < -0.4 is 0 Å². The van der Waals surface area contributed by atoms with Crippen LogP contribution in [0.1, 0.15) is 34.9 Å². The molecule has 3 aromatic rings. The first kappa shape index (κ1) is 19.0. The van der Waals surface area contributed by atoms with E-state index in [0.717, 1.165) is 48.2 Å². The molecule has 0 fully saturated rings. The second-order valence-electron chi connectivity index (χ2n) is 6.74. The molecule has 1 aliphatic carbocycles. The molecule has 2 aromatic carbocycles. The van der Waals surface area contributed by atoms with Gasteiger partial charge in [-0.1, -0.05) is 65.8 Å². The number of hydrogen-bond donors (Lipinski definition) is 1. The summed E-state index contributed by atoms with van der Waals surface area (Å²) < 4.78 is 0. The molecule has 1 heterocycles. The number of fused-ring (bicyclic) bond motifs is 1. The highest BCUT2D eigenvalue weighted by atomic mass is 35.5. The maximum Gasteiger partial charge on any atom is 0.321 e. The Morgan fingerprint density at radius 2 is 1.71 bits per heavy atom. The lowest BCUT2D eigenvalue weighted by atomic mass is 9.92. The zero-order valence-corrected chi connectivity index (χ0v) is 16.7. The fourth-order valence-corrected chi connectivity index (χ4v) is 4.50. The first-order valence-corrected chi connectivity index (χ1v) is 10.5. The van der Waals surface area contributed by atoms with Gasteiger partial charge >= 0.3 is 5.97 Å². The molecule has 1 atom stereocenters. The highest BCUT2D eigenvalue weighted by Gasteiger charge is 2.25. The van der Waals surface area contributed by atoms with E-state index in [2.05, 4.69) is 0 Å². The molecular formula is C22H19ClN2O2S. The van der Waals surface area contributed by atoms with Gasteiger partial charge in [0.05, 0.1) is 5.69 Å². The molecule has 1 N–H and O–H groups in total. The van der Waals surface area contributed by atoms with E-state index in [-0.39, 0.29) is 0 Å². The van der Waals surface area contributed by atoms with Crippen LogP contribution in [0, 0.1) is 0 Å². The maximum atomic E-state index is 11.9. The van der Waals surface area contributed by atoms with Crippen molar-refractivity contribution in [2.24, 2.45) is 0 Å². The molecule has 1 aromatic heterocycles. The van der Waals surface area contributed by atoms with E-state index in [9.17, 15) is 9.90 Å². The Balaban J connectivity index is 1.76. The van der Waals surface area contributed by atoms with Crippen molar-refractivity contribution in [3.05, 3.63) is 76.4 Å². The second kappa shape index (κ2) is 8.33. The first-order valence-electron chi connectivity index (χ1n) is 9.22. The summed E-state index contributed by atoms with van der Waals surface area (Å²) >= 11 is 7.23. The number of carboxylic acids is 1. The molecule has 0 bridgehead atoms. The van der Waals surface area contributed by atoms with Gasteiger partial charge in [-0.25, -0.2) is 9.97 Å². The maximum absolute atomic E-state index is 11.9. The molecule has 4 rings (SSSR count). The molecule has 0 aliphatic heterocycles. The number of aryl methyl sites for hydroxylation is 1. The van der Waals surface area contributed by atoms with E-state index in [0.29, 0.717) is 10.2 Å². The quantitative estimate of drug-likeness (QED) is 0.438. The van der Waals surface area contributed by atoms with Crippen LogP contribution in [0.2, 0.25) is 5.02 Å². The third-order valence-electron chi connectivity index (χ3n) is 4.83. The monoisotopic (exact) mass is 410 g/mol. The molecule has 0 radical (unpaired) electrons. The summed E-state index contributed by atoms with van der Waals surface area (Å²) in [5, 5.41) is 10.2. The van der Waals surface area contributed by atoms with Crippen LogP contribution in [0.5, 0.6) is 0 Å². The predicted octanol–water partition coefficient (Wildman–Crippen LogP) is 5.59. The standard InChI is InChI=1S/C22H19ClN2O2S/c23-16-12-10-14(11-13-16)19-17-8-4-5-9-18(17)24-22(25-19)28-20(21(26)27)15-6-2-1-3-7-15/h1-3,6-7,10-13,20H,4-5,8-9H2,(H,26,27)/t20-/m0/s1. The van der Waals surface area contributed by atoms with Crippen molar-refractivity contribution in [1.29, 1.82) is 0 Å². The number of rotatable bonds is 5. The molecule has 0 saturated heterocycles. The minimum Gasteiger partial charge on any atom is -0.480 e. The van der Waals surface area contributed by atoms with Crippen molar-refractivity contribution < 1.29 is 9.90 Å². The number of benzene rings is 2. The van der Waals surface area contributed by atoms with Gasteiger partial charge in [0.2, 0.25) is 0 Å². The van der Waals surface area contributed by atoms with Gasteiger partial charge in [-0.2, -0.15) is 0 Å². The van der Waals surface area contributed by atoms with Crippen molar-refractivity contribution in [3.8, 4) is 11.3 Å². The molecule has 0 unspecified atom stereocenters. The number of aromatic nitrogens is 2. The number of hydrogen-bond acceptors (Lipinski definition) is 4. The fourth-order valence-electron chi connectivity index (χ4n) is 3.46. The Hall–Kier alpha value is -2.37. The highest BCUT2D eigenvalue weighted by molar-refractivity contribution is 8.00. The Morgan fingerprint density at radius 3 is 2.43 bits per heavy atom. The molecule has 28 heavy (non-hydrogen) atoms. The van der Waals surface area contributed by atoms with Crippen molar-refractivity contribution in [1.82, 2.24) is 9.97 Å².